The average Bonchev–Trinajstić information content (AvgIpc) is 2.70. The van der Waals surface area contributed by atoms with Crippen LogP contribution in [0, 0.1) is 5.92 Å². The summed E-state index contributed by atoms with van der Waals surface area (Å²) in [5.74, 6) is -1.76. The van der Waals surface area contributed by atoms with Gasteiger partial charge in [-0.05, 0) is 22.4 Å². The highest BCUT2D eigenvalue weighted by Crippen LogP contribution is 2.14. The Kier molecular flexibility index (Phi) is 5.21. The van der Waals surface area contributed by atoms with E-state index in [1.807, 2.05) is 6.92 Å². The highest BCUT2D eigenvalue weighted by atomic mass is 79.9. The van der Waals surface area contributed by atoms with Gasteiger partial charge >= 0.3 is 5.97 Å². The molecule has 0 aromatic carbocycles. The molecular weight excluding hydrogens is 290 g/mol. The van der Waals surface area contributed by atoms with Crippen LogP contribution in [0.2, 0.25) is 0 Å². The molecule has 5 nitrogen and oxygen atoms in total. The SMILES string of the molecule is CCCC(CNC(=O)c1coc(Br)c1)C(=O)O. The van der Waals surface area contributed by atoms with Crippen molar-refractivity contribution in [2.75, 3.05) is 6.54 Å². The maximum atomic E-state index is 11.6. The summed E-state index contributed by atoms with van der Waals surface area (Å²) in [6.45, 7) is 2.04. The number of carbonyl (C=O) groups excluding carboxylic acids is 1. The van der Waals surface area contributed by atoms with Crippen molar-refractivity contribution in [3.63, 3.8) is 0 Å². The van der Waals surface area contributed by atoms with E-state index in [4.69, 9.17) is 9.52 Å². The van der Waals surface area contributed by atoms with Gasteiger partial charge in [-0.25, -0.2) is 0 Å². The van der Waals surface area contributed by atoms with E-state index >= 15 is 0 Å². The predicted octanol–water partition coefficient (Wildman–Crippen LogP) is 2.27. The number of carbonyl (C=O) groups is 2. The van der Waals surface area contributed by atoms with E-state index in [-0.39, 0.29) is 12.5 Å². The van der Waals surface area contributed by atoms with E-state index in [2.05, 4.69) is 21.2 Å². The Morgan fingerprint density at radius 2 is 2.29 bits per heavy atom. The van der Waals surface area contributed by atoms with Gasteiger partial charge < -0.3 is 14.8 Å². The third kappa shape index (κ3) is 4.22. The molecule has 1 amide bonds. The molecule has 0 saturated carbocycles. The molecule has 1 rings (SSSR count). The number of carboxylic acids is 1. The first kappa shape index (κ1) is 13.8. The second kappa shape index (κ2) is 6.44. The van der Waals surface area contributed by atoms with Gasteiger partial charge in [-0.3, -0.25) is 9.59 Å². The molecule has 0 aliphatic rings. The summed E-state index contributed by atoms with van der Waals surface area (Å²) >= 11 is 3.09. The van der Waals surface area contributed by atoms with Crippen molar-refractivity contribution in [3.8, 4) is 0 Å². The van der Waals surface area contributed by atoms with E-state index in [0.29, 0.717) is 16.7 Å². The summed E-state index contributed by atoms with van der Waals surface area (Å²) in [7, 11) is 0. The van der Waals surface area contributed by atoms with Crippen LogP contribution < -0.4 is 5.32 Å². The number of rotatable bonds is 6. The van der Waals surface area contributed by atoms with Gasteiger partial charge in [-0.15, -0.1) is 0 Å². The largest absolute Gasteiger partial charge is 0.481 e. The molecule has 0 radical (unpaired) electrons. The smallest absolute Gasteiger partial charge is 0.308 e. The molecule has 2 N–H and O–H groups in total. The van der Waals surface area contributed by atoms with E-state index < -0.39 is 11.9 Å². The number of hydrogen-bond acceptors (Lipinski definition) is 3. The molecule has 0 aliphatic heterocycles. The topological polar surface area (TPSA) is 79.5 Å². The van der Waals surface area contributed by atoms with Gasteiger partial charge in [0.05, 0.1) is 11.5 Å². The molecule has 1 atom stereocenters. The zero-order valence-corrected chi connectivity index (χ0v) is 11.0. The van der Waals surface area contributed by atoms with Crippen molar-refractivity contribution in [3.05, 3.63) is 22.6 Å². The molecule has 6 heteroatoms. The second-order valence-electron chi connectivity index (χ2n) is 3.67. The van der Waals surface area contributed by atoms with Gasteiger partial charge in [-0.1, -0.05) is 13.3 Å². The van der Waals surface area contributed by atoms with Crippen LogP contribution in [0.25, 0.3) is 0 Å². The van der Waals surface area contributed by atoms with Crippen LogP contribution in [0.5, 0.6) is 0 Å². The van der Waals surface area contributed by atoms with Crippen molar-refractivity contribution in [2.24, 2.45) is 5.92 Å². The van der Waals surface area contributed by atoms with Gasteiger partial charge in [0.1, 0.15) is 6.26 Å². The van der Waals surface area contributed by atoms with Crippen LogP contribution in [0.1, 0.15) is 30.1 Å². The van der Waals surface area contributed by atoms with E-state index in [9.17, 15) is 9.59 Å². The Bertz CT molecular complexity index is 402. The average molecular weight is 304 g/mol. The maximum absolute atomic E-state index is 11.6. The number of halogens is 1. The molecule has 0 aliphatic carbocycles. The fourth-order valence-electron chi connectivity index (χ4n) is 1.41. The molecule has 17 heavy (non-hydrogen) atoms. The summed E-state index contributed by atoms with van der Waals surface area (Å²) in [5, 5.41) is 11.5. The Balaban J connectivity index is 2.49. The van der Waals surface area contributed by atoms with Crippen LogP contribution in [-0.4, -0.2) is 23.5 Å². The third-order valence-electron chi connectivity index (χ3n) is 2.33. The lowest BCUT2D eigenvalue weighted by molar-refractivity contribution is -0.141. The number of amides is 1. The zero-order chi connectivity index (χ0) is 12.8. The van der Waals surface area contributed by atoms with Crippen LogP contribution >= 0.6 is 15.9 Å². The summed E-state index contributed by atoms with van der Waals surface area (Å²) in [6.07, 6.45) is 2.63. The number of carboxylic acid groups (broad SMARTS) is 1. The maximum Gasteiger partial charge on any atom is 0.308 e. The first-order valence-electron chi connectivity index (χ1n) is 5.29. The summed E-state index contributed by atoms with van der Waals surface area (Å²) in [4.78, 5) is 22.5. The molecule has 0 spiro atoms. The van der Waals surface area contributed by atoms with E-state index in [1.165, 1.54) is 12.3 Å². The normalized spacial score (nSPS) is 12.1. The fraction of sp³-hybridized carbons (Fsp3) is 0.455. The quantitative estimate of drug-likeness (QED) is 0.845. The number of hydrogen-bond donors (Lipinski definition) is 2. The summed E-state index contributed by atoms with van der Waals surface area (Å²) < 4.78 is 5.39. The highest BCUT2D eigenvalue weighted by Gasteiger charge is 2.18. The molecule has 0 fully saturated rings. The molecule has 0 saturated heterocycles. The molecule has 0 bridgehead atoms. The minimum atomic E-state index is -0.888. The van der Waals surface area contributed by atoms with Crippen LogP contribution in [0.15, 0.2) is 21.4 Å². The zero-order valence-electron chi connectivity index (χ0n) is 9.40. The predicted molar refractivity (Wildman–Crippen MR) is 64.8 cm³/mol. The van der Waals surface area contributed by atoms with Crippen molar-refractivity contribution < 1.29 is 19.1 Å². The number of furan rings is 1. The monoisotopic (exact) mass is 303 g/mol. The van der Waals surface area contributed by atoms with Gasteiger partial charge in [0.25, 0.3) is 5.91 Å². The lowest BCUT2D eigenvalue weighted by atomic mass is 10.0. The van der Waals surface area contributed by atoms with E-state index in [1.54, 1.807) is 0 Å². The minimum absolute atomic E-state index is 0.130. The summed E-state index contributed by atoms with van der Waals surface area (Å²) in [6, 6.07) is 1.53. The Morgan fingerprint density at radius 3 is 2.76 bits per heavy atom. The standard InChI is InChI=1S/C11H14BrNO4/c1-2-3-7(11(15)16)5-13-10(14)8-4-9(12)17-6-8/h4,6-7H,2-3,5H2,1H3,(H,13,14)(H,15,16). The Labute approximate surface area is 107 Å². The molecule has 1 aromatic heterocycles. The van der Waals surface area contributed by atoms with Gasteiger partial charge in [0, 0.05) is 12.6 Å². The number of nitrogens with one attached hydrogen (secondary N) is 1. The van der Waals surface area contributed by atoms with Gasteiger partial charge in [-0.2, -0.15) is 0 Å². The van der Waals surface area contributed by atoms with E-state index in [0.717, 1.165) is 6.42 Å². The highest BCUT2D eigenvalue weighted by molar-refractivity contribution is 9.10. The number of aliphatic carboxylic acids is 1. The first-order chi connectivity index (χ1) is 8.04. The summed E-state index contributed by atoms with van der Waals surface area (Å²) in [5.41, 5.74) is 0.373. The second-order valence-corrected chi connectivity index (χ2v) is 4.45. The molecule has 94 valence electrons. The van der Waals surface area contributed by atoms with Gasteiger partial charge in [0.2, 0.25) is 0 Å². The Hall–Kier alpha value is -1.30. The van der Waals surface area contributed by atoms with Crippen LogP contribution in [-0.2, 0) is 4.79 Å². The first-order valence-corrected chi connectivity index (χ1v) is 6.09. The lowest BCUT2D eigenvalue weighted by Gasteiger charge is -2.11. The molecular formula is C11H14BrNO4. The van der Waals surface area contributed by atoms with Crippen molar-refractivity contribution in [2.45, 2.75) is 19.8 Å². The lowest BCUT2D eigenvalue weighted by Crippen LogP contribution is -2.32. The molecule has 1 unspecified atom stereocenters. The molecule has 1 aromatic rings. The molecule has 1 heterocycles. The van der Waals surface area contributed by atoms with Crippen molar-refractivity contribution >= 4 is 27.8 Å². The van der Waals surface area contributed by atoms with Gasteiger partial charge in [0.15, 0.2) is 4.67 Å². The van der Waals surface area contributed by atoms with Crippen LogP contribution in [0.3, 0.4) is 0 Å². The van der Waals surface area contributed by atoms with Crippen LogP contribution in [0.4, 0.5) is 0 Å². The fourth-order valence-corrected chi connectivity index (χ4v) is 1.75. The van der Waals surface area contributed by atoms with Crippen molar-refractivity contribution in [1.29, 1.82) is 0 Å². The minimum Gasteiger partial charge on any atom is -0.481 e. The third-order valence-corrected chi connectivity index (χ3v) is 2.74. The Morgan fingerprint density at radius 1 is 1.59 bits per heavy atom. The van der Waals surface area contributed by atoms with Crippen molar-refractivity contribution in [1.82, 2.24) is 5.32 Å².